The van der Waals surface area contributed by atoms with Crippen molar-refractivity contribution in [2.24, 2.45) is 0 Å². The Morgan fingerprint density at radius 2 is 2.11 bits per heavy atom. The van der Waals surface area contributed by atoms with E-state index < -0.39 is 11.9 Å². The average Bonchev–Trinajstić information content (AvgIpc) is 2.66. The number of carbonyl (C=O) groups excluding carboxylic acids is 2. The number of ether oxygens (including phenoxy) is 2. The Hall–Kier alpha value is -2.76. The number of rotatable bonds is 5. The van der Waals surface area contributed by atoms with E-state index in [0.717, 1.165) is 18.5 Å². The second kappa shape index (κ2) is 8.09. The van der Waals surface area contributed by atoms with Crippen LogP contribution >= 0.6 is 0 Å². The van der Waals surface area contributed by atoms with E-state index in [0.29, 0.717) is 41.0 Å². The third-order valence-electron chi connectivity index (χ3n) is 5.42. The van der Waals surface area contributed by atoms with E-state index in [1.807, 2.05) is 20.8 Å². The average molecular weight is 385 g/mol. The van der Waals surface area contributed by atoms with Gasteiger partial charge in [-0.05, 0) is 50.8 Å². The summed E-state index contributed by atoms with van der Waals surface area (Å²) in [5, 5.41) is 13.5. The SMILES string of the molecule is CC[C@H](C)OC(=O)C1=C(C)NC2=C(C(=O)CCC2)[C@@H]1c1ccc(OC)c(O)c1. The first kappa shape index (κ1) is 20.0. The second-order valence-corrected chi connectivity index (χ2v) is 7.32. The molecule has 1 heterocycles. The number of hydrogen-bond acceptors (Lipinski definition) is 6. The zero-order chi connectivity index (χ0) is 20.4. The predicted octanol–water partition coefficient (Wildman–Crippen LogP) is 3.71. The van der Waals surface area contributed by atoms with Crippen molar-refractivity contribution in [3.63, 3.8) is 0 Å². The van der Waals surface area contributed by atoms with Crippen molar-refractivity contribution in [2.45, 2.75) is 58.5 Å². The van der Waals surface area contributed by atoms with Gasteiger partial charge < -0.3 is 19.9 Å². The van der Waals surface area contributed by atoms with Crippen molar-refractivity contribution in [2.75, 3.05) is 7.11 Å². The van der Waals surface area contributed by atoms with Crippen molar-refractivity contribution >= 4 is 11.8 Å². The Kier molecular flexibility index (Phi) is 5.77. The van der Waals surface area contributed by atoms with E-state index in [4.69, 9.17) is 9.47 Å². The fourth-order valence-corrected chi connectivity index (χ4v) is 3.80. The topological polar surface area (TPSA) is 84.9 Å². The van der Waals surface area contributed by atoms with Crippen molar-refractivity contribution in [3.8, 4) is 11.5 Å². The number of allylic oxidation sites excluding steroid dienone is 3. The lowest BCUT2D eigenvalue weighted by Gasteiger charge is -2.34. The van der Waals surface area contributed by atoms with Gasteiger partial charge >= 0.3 is 5.97 Å². The van der Waals surface area contributed by atoms with Gasteiger partial charge in [-0.25, -0.2) is 4.79 Å². The fourth-order valence-electron chi connectivity index (χ4n) is 3.80. The van der Waals surface area contributed by atoms with Gasteiger partial charge in [-0.3, -0.25) is 4.79 Å². The van der Waals surface area contributed by atoms with Crippen LogP contribution in [0.1, 0.15) is 57.9 Å². The molecule has 0 amide bonds. The van der Waals surface area contributed by atoms with Crippen LogP contribution in [-0.4, -0.2) is 30.1 Å². The molecule has 1 aromatic rings. The maximum absolute atomic E-state index is 13.0. The van der Waals surface area contributed by atoms with Crippen LogP contribution < -0.4 is 10.1 Å². The van der Waals surface area contributed by atoms with Gasteiger partial charge in [0.05, 0.1) is 18.8 Å². The minimum absolute atomic E-state index is 0.0235. The van der Waals surface area contributed by atoms with Crippen LogP contribution in [0.2, 0.25) is 0 Å². The molecule has 0 unspecified atom stereocenters. The molecule has 0 radical (unpaired) electrons. The summed E-state index contributed by atoms with van der Waals surface area (Å²) in [5.74, 6) is -0.681. The van der Waals surface area contributed by atoms with Crippen LogP contribution in [0.3, 0.4) is 0 Å². The molecule has 0 fully saturated rings. The summed E-state index contributed by atoms with van der Waals surface area (Å²) in [6.07, 6.45) is 2.46. The highest BCUT2D eigenvalue weighted by Crippen LogP contribution is 2.44. The summed E-state index contributed by atoms with van der Waals surface area (Å²) >= 11 is 0. The molecule has 1 aliphatic carbocycles. The molecule has 0 bridgehead atoms. The number of phenolic OH excluding ortho intramolecular Hbond substituents is 1. The van der Waals surface area contributed by atoms with Gasteiger partial charge in [0.2, 0.25) is 0 Å². The predicted molar refractivity (Wildman–Crippen MR) is 105 cm³/mol. The van der Waals surface area contributed by atoms with Gasteiger partial charge in [-0.15, -0.1) is 0 Å². The molecular weight excluding hydrogens is 358 g/mol. The number of ketones is 1. The number of esters is 1. The lowest BCUT2D eigenvalue weighted by Crippen LogP contribution is -2.35. The zero-order valence-corrected chi connectivity index (χ0v) is 16.8. The van der Waals surface area contributed by atoms with E-state index in [9.17, 15) is 14.7 Å². The molecule has 2 aliphatic rings. The van der Waals surface area contributed by atoms with Crippen LogP contribution in [-0.2, 0) is 14.3 Å². The summed E-state index contributed by atoms with van der Waals surface area (Å²) in [4.78, 5) is 25.8. The summed E-state index contributed by atoms with van der Waals surface area (Å²) in [6, 6.07) is 4.99. The summed E-state index contributed by atoms with van der Waals surface area (Å²) in [5.41, 5.74) is 3.21. The number of nitrogens with one attached hydrogen (secondary N) is 1. The highest BCUT2D eigenvalue weighted by Gasteiger charge is 2.39. The van der Waals surface area contributed by atoms with E-state index >= 15 is 0 Å². The summed E-state index contributed by atoms with van der Waals surface area (Å²) in [7, 11) is 1.48. The molecule has 0 saturated carbocycles. The third kappa shape index (κ3) is 3.63. The molecule has 2 N–H and O–H groups in total. The van der Waals surface area contributed by atoms with Gasteiger partial charge in [-0.1, -0.05) is 13.0 Å². The highest BCUT2D eigenvalue weighted by atomic mass is 16.5. The Labute approximate surface area is 165 Å². The number of methoxy groups -OCH3 is 1. The Balaban J connectivity index is 2.13. The summed E-state index contributed by atoms with van der Waals surface area (Å²) in [6.45, 7) is 5.61. The molecule has 1 aromatic carbocycles. The molecule has 6 nitrogen and oxygen atoms in total. The molecule has 150 valence electrons. The molecule has 1 aliphatic heterocycles. The van der Waals surface area contributed by atoms with Crippen LogP contribution in [0.15, 0.2) is 40.7 Å². The molecule has 2 atom stereocenters. The van der Waals surface area contributed by atoms with Gasteiger partial charge in [0.1, 0.15) is 0 Å². The second-order valence-electron chi connectivity index (χ2n) is 7.32. The van der Waals surface area contributed by atoms with E-state index in [1.54, 1.807) is 18.2 Å². The first-order valence-corrected chi connectivity index (χ1v) is 9.69. The maximum atomic E-state index is 13.0. The number of benzene rings is 1. The number of carbonyl (C=O) groups is 2. The molecule has 0 aromatic heterocycles. The number of hydrogen-bond donors (Lipinski definition) is 2. The normalized spacial score (nSPS) is 20.4. The Morgan fingerprint density at radius 3 is 2.75 bits per heavy atom. The number of Topliss-reactive ketones (excluding diaryl/α,β-unsaturated/α-hetero) is 1. The first-order valence-electron chi connectivity index (χ1n) is 9.69. The van der Waals surface area contributed by atoms with E-state index in [-0.39, 0.29) is 17.6 Å². The van der Waals surface area contributed by atoms with Gasteiger partial charge in [0.15, 0.2) is 17.3 Å². The van der Waals surface area contributed by atoms with Crippen LogP contribution in [0.5, 0.6) is 11.5 Å². The third-order valence-corrected chi connectivity index (χ3v) is 5.42. The lowest BCUT2D eigenvalue weighted by atomic mass is 9.75. The zero-order valence-electron chi connectivity index (χ0n) is 16.8. The lowest BCUT2D eigenvalue weighted by molar-refractivity contribution is -0.144. The molecule has 3 rings (SSSR count). The first-order chi connectivity index (χ1) is 13.4. The quantitative estimate of drug-likeness (QED) is 0.752. The molecule has 6 heteroatoms. The largest absolute Gasteiger partial charge is 0.504 e. The van der Waals surface area contributed by atoms with Crippen molar-refractivity contribution in [3.05, 3.63) is 46.3 Å². The molecule has 0 spiro atoms. The maximum Gasteiger partial charge on any atom is 0.337 e. The monoisotopic (exact) mass is 385 g/mol. The van der Waals surface area contributed by atoms with Crippen LogP contribution in [0.4, 0.5) is 0 Å². The highest BCUT2D eigenvalue weighted by molar-refractivity contribution is 6.03. The molecule has 28 heavy (non-hydrogen) atoms. The van der Waals surface area contributed by atoms with Crippen molar-refractivity contribution < 1.29 is 24.2 Å². The number of dihydropyridines is 1. The summed E-state index contributed by atoms with van der Waals surface area (Å²) < 4.78 is 10.7. The Bertz CT molecular complexity index is 868. The van der Waals surface area contributed by atoms with Gasteiger partial charge in [-0.2, -0.15) is 0 Å². The van der Waals surface area contributed by atoms with Crippen molar-refractivity contribution in [1.29, 1.82) is 0 Å². The van der Waals surface area contributed by atoms with Crippen molar-refractivity contribution in [1.82, 2.24) is 5.32 Å². The number of phenols is 1. The minimum atomic E-state index is -0.572. The fraction of sp³-hybridized carbons (Fsp3) is 0.455. The van der Waals surface area contributed by atoms with Gasteiger partial charge in [0, 0.05) is 29.3 Å². The van der Waals surface area contributed by atoms with E-state index in [2.05, 4.69) is 5.32 Å². The smallest absolute Gasteiger partial charge is 0.337 e. The van der Waals surface area contributed by atoms with E-state index in [1.165, 1.54) is 7.11 Å². The minimum Gasteiger partial charge on any atom is -0.504 e. The molecule has 0 saturated heterocycles. The van der Waals surface area contributed by atoms with Crippen LogP contribution in [0.25, 0.3) is 0 Å². The molecular formula is C22H27NO5. The Morgan fingerprint density at radius 1 is 1.36 bits per heavy atom. The van der Waals surface area contributed by atoms with Crippen LogP contribution in [0, 0.1) is 0 Å². The standard InChI is InChI=1S/C22H27NO5/c1-5-12(2)28-22(26)19-13(3)23-15-7-6-8-16(24)21(15)20(19)14-9-10-18(27-4)17(25)11-14/h9-12,20,23,25H,5-8H2,1-4H3/t12-,20+/m0/s1. The number of aromatic hydroxyl groups is 1. The van der Waals surface area contributed by atoms with Gasteiger partial charge in [0.25, 0.3) is 0 Å².